The zero-order valence-electron chi connectivity index (χ0n) is 17.0. The topological polar surface area (TPSA) is 80.2 Å². The third kappa shape index (κ3) is 7.65. The molecule has 8 heteroatoms. The van der Waals surface area contributed by atoms with Crippen molar-refractivity contribution < 1.29 is 32.9 Å². The molecule has 0 saturated carbocycles. The summed E-state index contributed by atoms with van der Waals surface area (Å²) in [5.41, 5.74) is 2.24. The molecule has 4 rings (SSSR count). The van der Waals surface area contributed by atoms with Crippen LogP contribution in [0.5, 0.6) is 0 Å². The molecule has 0 spiro atoms. The molecule has 2 aromatic heterocycles. The van der Waals surface area contributed by atoms with Crippen LogP contribution in [0, 0.1) is 0 Å². The highest BCUT2D eigenvalue weighted by Gasteiger charge is 2.08. The molecule has 0 bridgehead atoms. The first-order valence-electron chi connectivity index (χ1n) is 9.59. The van der Waals surface area contributed by atoms with Crippen LogP contribution in [-0.4, -0.2) is 7.40 Å². The van der Waals surface area contributed by atoms with Gasteiger partial charge >= 0.3 is 0 Å². The highest BCUT2D eigenvalue weighted by molar-refractivity contribution is 6.27. The molecule has 0 saturated heterocycles. The van der Waals surface area contributed by atoms with Crippen LogP contribution >= 0.6 is 0 Å². The van der Waals surface area contributed by atoms with E-state index in [1.54, 1.807) is 0 Å². The standard InChI is InChI=1S/2C11H12NO.BFO2/c2*1-2-12-9-8-11(13-12)10-6-4-3-5-7-10;2-1(3)4/h2*3-9H,2H2,1H3;/q2*+1;-2. The first kappa shape index (κ1) is 23.1. The lowest BCUT2D eigenvalue weighted by Gasteiger charge is -2.09. The van der Waals surface area contributed by atoms with E-state index in [2.05, 4.69) is 13.8 Å². The molecule has 0 unspecified atom stereocenters. The van der Waals surface area contributed by atoms with Crippen LogP contribution in [0.1, 0.15) is 13.8 Å². The highest BCUT2D eigenvalue weighted by Crippen LogP contribution is 2.17. The van der Waals surface area contributed by atoms with Gasteiger partial charge in [0.15, 0.2) is 13.1 Å². The maximum Gasteiger partial charge on any atom is 0.220 e. The molecule has 0 atom stereocenters. The van der Waals surface area contributed by atoms with E-state index < -0.39 is 7.40 Å². The molecule has 0 N–H and O–H groups in total. The molecular formula is C22H24BFN2O4. The Balaban J connectivity index is 0.000000182. The number of aromatic nitrogens is 2. The molecule has 4 aromatic rings. The SMILES string of the molecule is CC[n+]1ccc(-c2ccccc2)o1.CC[n+]1ccc(-c2ccccc2)o1.[O-]B([O-])F. The zero-order chi connectivity index (χ0) is 21.8. The predicted octanol–water partition coefficient (Wildman–Crippen LogP) is 2.17. The fraction of sp³-hybridized carbons (Fsp3) is 0.182. The smallest absolute Gasteiger partial charge is 0.220 e. The van der Waals surface area contributed by atoms with E-state index in [9.17, 15) is 4.32 Å². The molecule has 0 radical (unpaired) electrons. The summed E-state index contributed by atoms with van der Waals surface area (Å²) in [5.74, 6) is 1.84. The average Bonchev–Trinajstić information content (AvgIpc) is 3.45. The van der Waals surface area contributed by atoms with Gasteiger partial charge in [-0.3, -0.25) is 0 Å². The van der Waals surface area contributed by atoms with Gasteiger partial charge in [0, 0.05) is 11.1 Å². The van der Waals surface area contributed by atoms with Crippen LogP contribution in [0.15, 0.2) is 94.2 Å². The summed E-state index contributed by atoms with van der Waals surface area (Å²) in [5, 5.41) is 16.6. The molecule has 156 valence electrons. The Labute approximate surface area is 175 Å². The Morgan fingerprint density at radius 1 is 0.700 bits per heavy atom. The van der Waals surface area contributed by atoms with Crippen molar-refractivity contribution in [2.75, 3.05) is 0 Å². The van der Waals surface area contributed by atoms with Crippen LogP contribution in [0.4, 0.5) is 4.32 Å². The van der Waals surface area contributed by atoms with E-state index in [1.165, 1.54) is 0 Å². The number of nitrogens with zero attached hydrogens (tertiary/aromatic N) is 2. The Hall–Kier alpha value is -3.23. The van der Waals surface area contributed by atoms with Crippen molar-refractivity contribution in [3.05, 3.63) is 85.2 Å². The number of halogens is 1. The number of rotatable bonds is 4. The first-order valence-corrected chi connectivity index (χ1v) is 9.59. The third-order valence-corrected chi connectivity index (χ3v) is 3.96. The minimum Gasteiger partial charge on any atom is -0.867 e. The second-order valence-corrected chi connectivity index (χ2v) is 6.02. The van der Waals surface area contributed by atoms with Crippen molar-refractivity contribution in [1.82, 2.24) is 0 Å². The largest absolute Gasteiger partial charge is 0.867 e. The molecule has 6 nitrogen and oxygen atoms in total. The first-order chi connectivity index (χ1) is 14.5. The summed E-state index contributed by atoms with van der Waals surface area (Å²) in [6, 6.07) is 24.2. The number of hydrogen-bond donors (Lipinski definition) is 0. The fourth-order valence-corrected chi connectivity index (χ4v) is 2.52. The van der Waals surface area contributed by atoms with Gasteiger partial charge in [0.2, 0.25) is 23.9 Å². The molecule has 0 aliphatic heterocycles. The van der Waals surface area contributed by atoms with Crippen LogP contribution in [0.25, 0.3) is 22.6 Å². The number of benzene rings is 2. The van der Waals surface area contributed by atoms with Gasteiger partial charge in [-0.15, -0.1) is 0 Å². The molecule has 0 amide bonds. The summed E-state index contributed by atoms with van der Waals surface area (Å²) < 4.78 is 24.6. The molecule has 2 heterocycles. The summed E-state index contributed by atoms with van der Waals surface area (Å²) in [4.78, 5) is 0. The maximum atomic E-state index is 9.89. The van der Waals surface area contributed by atoms with Gasteiger partial charge in [-0.2, -0.15) is 0 Å². The lowest BCUT2D eigenvalue weighted by atomic mass is 10.2. The quantitative estimate of drug-likeness (QED) is 0.382. The van der Waals surface area contributed by atoms with Gasteiger partial charge in [-0.05, 0) is 23.3 Å². The van der Waals surface area contributed by atoms with Gasteiger partial charge < -0.3 is 14.4 Å². The van der Waals surface area contributed by atoms with E-state index in [0.29, 0.717) is 0 Å². The van der Waals surface area contributed by atoms with E-state index >= 15 is 0 Å². The van der Waals surface area contributed by atoms with Crippen molar-refractivity contribution in [1.29, 1.82) is 0 Å². The van der Waals surface area contributed by atoms with E-state index in [1.807, 2.05) is 94.7 Å². The number of aryl methyl sites for hydroxylation is 2. The molecule has 0 aliphatic rings. The molecule has 0 fully saturated rings. The van der Waals surface area contributed by atoms with Crippen molar-refractivity contribution in [2.45, 2.75) is 26.9 Å². The molecule has 0 aliphatic carbocycles. The summed E-state index contributed by atoms with van der Waals surface area (Å²) >= 11 is 0. The molecule has 2 aromatic carbocycles. The minimum absolute atomic E-state index is 0.868. The van der Waals surface area contributed by atoms with Crippen LogP contribution in [0.2, 0.25) is 0 Å². The van der Waals surface area contributed by atoms with Crippen LogP contribution in [-0.2, 0) is 13.1 Å². The Bertz CT molecular complexity index is 894. The Kier molecular flexibility index (Phi) is 9.50. The highest BCUT2D eigenvalue weighted by atomic mass is 19.1. The van der Waals surface area contributed by atoms with Gasteiger partial charge in [0.1, 0.15) is 7.40 Å². The van der Waals surface area contributed by atoms with E-state index in [0.717, 1.165) is 35.7 Å². The van der Waals surface area contributed by atoms with Crippen molar-refractivity contribution in [2.24, 2.45) is 0 Å². The van der Waals surface area contributed by atoms with Gasteiger partial charge in [0.05, 0.1) is 12.1 Å². The van der Waals surface area contributed by atoms with Crippen molar-refractivity contribution in [3.63, 3.8) is 0 Å². The second kappa shape index (κ2) is 12.4. The lowest BCUT2D eigenvalue weighted by molar-refractivity contribution is -0.860. The maximum absolute atomic E-state index is 9.89. The normalized spacial score (nSPS) is 9.77. The van der Waals surface area contributed by atoms with Gasteiger partial charge in [0.25, 0.3) is 0 Å². The predicted molar refractivity (Wildman–Crippen MR) is 107 cm³/mol. The zero-order valence-corrected chi connectivity index (χ0v) is 17.0. The van der Waals surface area contributed by atoms with Crippen molar-refractivity contribution in [3.8, 4) is 22.6 Å². The third-order valence-electron chi connectivity index (χ3n) is 3.96. The van der Waals surface area contributed by atoms with Crippen molar-refractivity contribution >= 4 is 7.40 Å². The fourth-order valence-electron chi connectivity index (χ4n) is 2.52. The second-order valence-electron chi connectivity index (χ2n) is 6.02. The molecular weight excluding hydrogens is 386 g/mol. The minimum atomic E-state index is -3.17. The Morgan fingerprint density at radius 3 is 1.30 bits per heavy atom. The van der Waals surface area contributed by atoms with Crippen LogP contribution < -0.4 is 19.5 Å². The van der Waals surface area contributed by atoms with Gasteiger partial charge in [-0.1, -0.05) is 60.7 Å². The summed E-state index contributed by atoms with van der Waals surface area (Å²) in [6.45, 7) is 5.84. The monoisotopic (exact) mass is 410 g/mol. The lowest BCUT2D eigenvalue weighted by Crippen LogP contribution is -2.39. The summed E-state index contributed by atoms with van der Waals surface area (Å²) in [7, 11) is -3.17. The average molecular weight is 410 g/mol. The van der Waals surface area contributed by atoms with Gasteiger partial charge in [-0.25, -0.2) is 9.05 Å². The number of hydrogen-bond acceptors (Lipinski definition) is 4. The van der Waals surface area contributed by atoms with Crippen LogP contribution in [0.3, 0.4) is 0 Å². The van der Waals surface area contributed by atoms with E-state index in [-0.39, 0.29) is 0 Å². The Morgan fingerprint density at radius 2 is 1.03 bits per heavy atom. The van der Waals surface area contributed by atoms with E-state index in [4.69, 9.17) is 19.1 Å². The molecule has 30 heavy (non-hydrogen) atoms. The summed E-state index contributed by atoms with van der Waals surface area (Å²) in [6.07, 6.45) is 3.89.